The molecule has 0 radical (unpaired) electrons. The van der Waals surface area contributed by atoms with Crippen molar-refractivity contribution in [1.82, 2.24) is 0 Å². The summed E-state index contributed by atoms with van der Waals surface area (Å²) in [6, 6.07) is 0. The highest BCUT2D eigenvalue weighted by atomic mass is 16.8. The van der Waals surface area contributed by atoms with Gasteiger partial charge in [0.15, 0.2) is 69.2 Å². The zero-order chi connectivity index (χ0) is 72.0. The van der Waals surface area contributed by atoms with Crippen molar-refractivity contribution in [3.8, 4) is 0 Å². The van der Waals surface area contributed by atoms with Crippen molar-refractivity contribution in [2.75, 3.05) is 72.7 Å². The predicted molar refractivity (Wildman–Crippen MR) is 296 cm³/mol. The zero-order valence-electron chi connectivity index (χ0n) is 52.5. The molecule has 100 heavy (non-hydrogen) atoms. The smallest absolute Gasteiger partial charge is 0.187 e. The van der Waals surface area contributed by atoms with Gasteiger partial charge in [-0.2, -0.15) is 0 Å². The fourth-order valence-electron chi connectivity index (χ4n) is 13.0. The van der Waals surface area contributed by atoms with Crippen LogP contribution in [0.1, 0.15) is 0 Å². The Labute approximate surface area is 564 Å². The van der Waals surface area contributed by atoms with Gasteiger partial charge in [-0.1, -0.05) is 0 Å². The molecule has 0 aromatic heterocycles. The maximum Gasteiger partial charge on any atom is 0.187 e. The van der Waals surface area contributed by atoms with Crippen molar-refractivity contribution in [2.45, 2.75) is 271 Å². The van der Waals surface area contributed by atoms with Gasteiger partial charge in [-0.3, -0.25) is 0 Å². The second-order valence-electron chi connectivity index (χ2n) is 25.7. The van der Waals surface area contributed by atoms with Crippen LogP contribution in [0.25, 0.3) is 0 Å². The Morgan fingerprint density at radius 1 is 0.200 bits per heavy atom. The summed E-state index contributed by atoms with van der Waals surface area (Å²) in [5, 5.41) is 258. The minimum Gasteiger partial charge on any atom is -0.394 e. The standard InChI is InChI=1S/C55H90O45/c56-1-13-24(62)37(75)50(87-13)97-41-21(95-46-33(71)23(61)12(60)5-81-46)10-85-54(43(41)99-52-39(77)26(64)15(3-58)89-52)94-20-9-83-48(35(73)31(20)69)92-18-7-84-49(36(74)29(18)67)96-22-11-86-55(93-19-8-82-47(34(72)30(19)68)91-17-6-80-45(79)32(70)28(17)66)44(100-53-40(78)27(65)16(4-59)90-53)42(22)98-51-38(76)25(63)14(2-57)88-51/h12-79H,1-11H2/t12-,13+,14+,15+,16+,17-,18-,19-,20-,21-,22-,23+,24+,25+,26+,27+,28+,29+,30+,31+,32-,33-,34-,35-,36-,37-,38-,39-,40-,41+,42+,43-,44-,45?,46+,47+,48+,49+,50+,51+,52+,53+,54+,55+/m1/s1. The Morgan fingerprint density at radius 3 is 0.740 bits per heavy atom. The number of rotatable bonds is 24. The molecule has 0 bridgehead atoms. The molecule has 44 atom stereocenters. The van der Waals surface area contributed by atoms with Crippen LogP contribution in [0.5, 0.6) is 0 Å². The van der Waals surface area contributed by atoms with Gasteiger partial charge in [0.1, 0.15) is 201 Å². The van der Waals surface area contributed by atoms with Crippen molar-refractivity contribution >= 4 is 0 Å². The summed E-state index contributed by atoms with van der Waals surface area (Å²) in [5.74, 6) is 0. The quantitative estimate of drug-likeness (QED) is 0.0427. The van der Waals surface area contributed by atoms with Crippen molar-refractivity contribution in [3.05, 3.63) is 0 Å². The first-order chi connectivity index (χ1) is 47.7. The summed E-state index contributed by atoms with van der Waals surface area (Å²) < 4.78 is 122. The molecule has 0 amide bonds. The minimum atomic E-state index is -2.16. The van der Waals surface area contributed by atoms with Gasteiger partial charge in [0, 0.05) is 0 Å². The summed E-state index contributed by atoms with van der Waals surface area (Å²) in [6.45, 7) is -7.99. The number of hydrogen-bond acceptors (Lipinski definition) is 45. The summed E-state index contributed by atoms with van der Waals surface area (Å²) in [6.07, 6.45) is -79.5. The van der Waals surface area contributed by atoms with Gasteiger partial charge < -0.3 is 222 Å². The highest BCUT2D eigenvalue weighted by Gasteiger charge is 2.60. The predicted octanol–water partition coefficient (Wildman–Crippen LogP) is -17.9. The Kier molecular flexibility index (Phi) is 27.1. The Morgan fingerprint density at radius 2 is 0.430 bits per heavy atom. The topological polar surface area (TPSA) is 679 Å². The average Bonchev–Trinajstić information content (AvgIpc) is 1.31. The van der Waals surface area contributed by atoms with E-state index >= 15 is 0 Å². The van der Waals surface area contributed by atoms with E-state index in [0.29, 0.717) is 0 Å². The molecule has 11 rings (SSSR count). The van der Waals surface area contributed by atoms with E-state index in [0.717, 1.165) is 0 Å². The van der Waals surface area contributed by atoms with E-state index in [4.69, 9.17) is 99.5 Å². The van der Waals surface area contributed by atoms with E-state index in [1.807, 2.05) is 0 Å². The van der Waals surface area contributed by atoms with Crippen LogP contribution in [0.3, 0.4) is 0 Å². The Hall–Kier alpha value is -1.80. The fourth-order valence-corrected chi connectivity index (χ4v) is 13.0. The van der Waals surface area contributed by atoms with Crippen molar-refractivity contribution in [1.29, 1.82) is 0 Å². The maximum atomic E-state index is 11.7. The number of hydrogen-bond donors (Lipinski definition) is 24. The first-order valence-corrected chi connectivity index (χ1v) is 32.2. The van der Waals surface area contributed by atoms with Gasteiger partial charge in [-0.05, 0) is 0 Å². The molecule has 11 heterocycles. The van der Waals surface area contributed by atoms with Crippen LogP contribution in [0.2, 0.25) is 0 Å². The lowest BCUT2D eigenvalue weighted by atomic mass is 10.0. The lowest BCUT2D eigenvalue weighted by Gasteiger charge is -2.48. The molecule has 11 fully saturated rings. The first kappa shape index (κ1) is 79.2. The third kappa shape index (κ3) is 16.6. The summed E-state index contributed by atoms with van der Waals surface area (Å²) in [7, 11) is 0. The molecule has 0 spiro atoms. The largest absolute Gasteiger partial charge is 0.394 e. The van der Waals surface area contributed by atoms with E-state index in [1.165, 1.54) is 0 Å². The van der Waals surface area contributed by atoms with Gasteiger partial charge in [-0.15, -0.1) is 0 Å². The van der Waals surface area contributed by atoms with Crippen molar-refractivity contribution < 1.29 is 222 Å². The molecule has 0 saturated carbocycles. The van der Waals surface area contributed by atoms with Gasteiger partial charge in [-0.25, -0.2) is 0 Å². The molecule has 580 valence electrons. The number of aliphatic hydroxyl groups is 24. The molecule has 0 aromatic rings. The highest BCUT2D eigenvalue weighted by molar-refractivity contribution is 5.00. The second kappa shape index (κ2) is 34.2. The first-order valence-electron chi connectivity index (χ1n) is 32.2. The van der Waals surface area contributed by atoms with E-state index in [9.17, 15) is 123 Å². The van der Waals surface area contributed by atoms with E-state index in [1.54, 1.807) is 0 Å². The Bertz CT molecular complexity index is 2510. The molecule has 24 N–H and O–H groups in total. The molecule has 0 aliphatic carbocycles. The van der Waals surface area contributed by atoms with Crippen LogP contribution in [0, 0.1) is 0 Å². The van der Waals surface area contributed by atoms with Crippen molar-refractivity contribution in [3.63, 3.8) is 0 Å². The van der Waals surface area contributed by atoms with Crippen molar-refractivity contribution in [2.24, 2.45) is 0 Å². The molecular formula is C55H90O45. The van der Waals surface area contributed by atoms with Crippen LogP contribution in [0.4, 0.5) is 0 Å². The number of ether oxygens (including phenoxy) is 21. The Balaban J connectivity index is 0.775. The van der Waals surface area contributed by atoms with Gasteiger partial charge >= 0.3 is 0 Å². The molecule has 45 nitrogen and oxygen atoms in total. The van der Waals surface area contributed by atoms with E-state index in [-0.39, 0.29) is 0 Å². The second-order valence-corrected chi connectivity index (χ2v) is 25.7. The third-order valence-electron chi connectivity index (χ3n) is 19.0. The monoisotopic (exact) mass is 1470 g/mol. The van der Waals surface area contributed by atoms with Crippen LogP contribution < -0.4 is 0 Å². The zero-order valence-corrected chi connectivity index (χ0v) is 52.5. The van der Waals surface area contributed by atoms with Crippen LogP contribution in [0.15, 0.2) is 0 Å². The molecule has 11 aliphatic rings. The third-order valence-corrected chi connectivity index (χ3v) is 19.0. The lowest BCUT2D eigenvalue weighted by molar-refractivity contribution is -0.388. The highest BCUT2D eigenvalue weighted by Crippen LogP contribution is 2.40. The minimum absolute atomic E-state index is 0.493. The average molecular weight is 1470 g/mol. The molecule has 11 aliphatic heterocycles. The SMILES string of the molecule is OC[C@@H]1O[C@@H](O[C@@H]2[C@@H](O[C@@H]3O[C@@H](CO)[C@H](O)[C@H]3O)[C@H](O[C@@H]3CO[C@@H](O[C@@H]4CO[C@@H](O[C@@H]5CO[C@@H](O[C@@H]6CO[C@@H](O[C@@H]7COC(O)[C@H](O)[C@H]7O)[C@H](O)[C@H]6O)[C@H](O[C@@H]6O[C@@H](CO)[C@H](O)[C@H]6O)[C@H]5O[C@@H]5O[C@@H](CO)[C@H](O)[C@H]5O)[C@H](O)[C@H]4O)[C@H](O)[C@H]3O)OC[C@H]2O[C@@H]2OC[C@@H](O)[C@H](O)[C@H]2O)[C@H](O)[C@H]1O. The molecule has 1 unspecified atom stereocenters. The normalized spacial score (nSPS) is 54.2. The lowest BCUT2D eigenvalue weighted by Crippen LogP contribution is -2.65. The molecule has 11 saturated heterocycles. The van der Waals surface area contributed by atoms with E-state index < -0.39 is 343 Å². The van der Waals surface area contributed by atoms with Gasteiger partial charge in [0.25, 0.3) is 0 Å². The van der Waals surface area contributed by atoms with Crippen LogP contribution in [-0.2, 0) is 99.5 Å². The molecular weight excluding hydrogens is 1380 g/mol. The summed E-state index contributed by atoms with van der Waals surface area (Å²) in [5.41, 5.74) is 0. The maximum absolute atomic E-state index is 11.7. The van der Waals surface area contributed by atoms with Crippen LogP contribution >= 0.6 is 0 Å². The molecule has 45 heteroatoms. The number of aliphatic hydroxyl groups excluding tert-OH is 24. The fraction of sp³-hybridized carbons (Fsp3) is 1.00. The molecule has 0 aromatic carbocycles. The van der Waals surface area contributed by atoms with Gasteiger partial charge in [0.2, 0.25) is 0 Å². The summed E-state index contributed by atoms with van der Waals surface area (Å²) in [4.78, 5) is 0. The van der Waals surface area contributed by atoms with E-state index in [2.05, 4.69) is 0 Å². The summed E-state index contributed by atoms with van der Waals surface area (Å²) >= 11 is 0. The van der Waals surface area contributed by atoms with Gasteiger partial charge in [0.05, 0.1) is 72.7 Å². The van der Waals surface area contributed by atoms with Crippen LogP contribution in [-0.4, -0.2) is 466 Å².